The second kappa shape index (κ2) is 5.48. The first-order valence-electron chi connectivity index (χ1n) is 5.77. The number of hydrogen-bond acceptors (Lipinski definition) is 5. The lowest BCUT2D eigenvalue weighted by molar-refractivity contribution is 0.0594. The Morgan fingerprint density at radius 1 is 1.20 bits per heavy atom. The van der Waals surface area contributed by atoms with Crippen LogP contribution in [0.15, 0.2) is 35.1 Å². The Bertz CT molecular complexity index is 691. The van der Waals surface area contributed by atoms with Crippen LogP contribution in [-0.2, 0) is 4.74 Å². The molecule has 0 spiro atoms. The monoisotopic (exact) mass is 275 g/mol. The Morgan fingerprint density at radius 3 is 2.40 bits per heavy atom. The number of aromatic amines is 1. The molecule has 0 unspecified atom stereocenters. The largest absolute Gasteiger partial charge is 0.503 e. The maximum Gasteiger partial charge on any atom is 0.347 e. The smallest absolute Gasteiger partial charge is 0.347 e. The first kappa shape index (κ1) is 13.7. The summed E-state index contributed by atoms with van der Waals surface area (Å²) >= 11 is 0. The van der Waals surface area contributed by atoms with Crippen molar-refractivity contribution in [3.05, 3.63) is 46.2 Å². The summed E-state index contributed by atoms with van der Waals surface area (Å²) in [6.07, 6.45) is 0. The Labute approximate surface area is 114 Å². The van der Waals surface area contributed by atoms with E-state index < -0.39 is 22.8 Å². The standard InChI is InChI=1S/C14H13NO5/c1-19-12-10(8-6-4-3-5-7-8)15-13(17)9(11(12)16)14(18)20-2/h3-7H,1-2H3,(H2,15,16,17). The summed E-state index contributed by atoms with van der Waals surface area (Å²) in [5.74, 6) is -1.46. The Hall–Kier alpha value is -2.76. The molecule has 1 heterocycles. The lowest BCUT2D eigenvalue weighted by Crippen LogP contribution is -2.20. The fraction of sp³-hybridized carbons (Fsp3) is 0.143. The van der Waals surface area contributed by atoms with Gasteiger partial charge in [-0.2, -0.15) is 0 Å². The van der Waals surface area contributed by atoms with Crippen molar-refractivity contribution >= 4 is 5.97 Å². The molecule has 2 rings (SSSR count). The Kier molecular flexibility index (Phi) is 3.74. The number of ether oxygens (including phenoxy) is 2. The van der Waals surface area contributed by atoms with Crippen LogP contribution in [0.4, 0.5) is 0 Å². The summed E-state index contributed by atoms with van der Waals surface area (Å²) in [6, 6.07) is 8.85. The van der Waals surface area contributed by atoms with Gasteiger partial charge in [-0.05, 0) is 0 Å². The van der Waals surface area contributed by atoms with Crippen LogP contribution in [0.3, 0.4) is 0 Å². The number of H-pyrrole nitrogens is 1. The third kappa shape index (κ3) is 2.23. The summed E-state index contributed by atoms with van der Waals surface area (Å²) in [6.45, 7) is 0. The van der Waals surface area contributed by atoms with Gasteiger partial charge < -0.3 is 19.6 Å². The molecule has 0 radical (unpaired) electrons. The second-order valence-electron chi connectivity index (χ2n) is 3.94. The molecular formula is C14H13NO5. The zero-order valence-corrected chi connectivity index (χ0v) is 11.0. The highest BCUT2D eigenvalue weighted by molar-refractivity contribution is 5.94. The van der Waals surface area contributed by atoms with Crippen molar-refractivity contribution in [2.75, 3.05) is 14.2 Å². The van der Waals surface area contributed by atoms with Crippen LogP contribution >= 0.6 is 0 Å². The maximum atomic E-state index is 11.9. The summed E-state index contributed by atoms with van der Waals surface area (Å²) in [4.78, 5) is 26.0. The predicted octanol–water partition coefficient (Wildman–Crippen LogP) is 1.54. The van der Waals surface area contributed by atoms with Gasteiger partial charge in [0.1, 0.15) is 0 Å². The second-order valence-corrected chi connectivity index (χ2v) is 3.94. The van der Waals surface area contributed by atoms with Crippen molar-refractivity contribution in [2.24, 2.45) is 0 Å². The van der Waals surface area contributed by atoms with Gasteiger partial charge in [-0.25, -0.2) is 4.79 Å². The van der Waals surface area contributed by atoms with Gasteiger partial charge in [-0.1, -0.05) is 30.3 Å². The SMILES string of the molecule is COC(=O)c1c(O)c(OC)c(-c2ccccc2)[nH]c1=O. The van der Waals surface area contributed by atoms with Crippen molar-refractivity contribution in [3.8, 4) is 22.8 Å². The van der Waals surface area contributed by atoms with E-state index in [9.17, 15) is 14.7 Å². The minimum atomic E-state index is -0.929. The zero-order valence-electron chi connectivity index (χ0n) is 11.0. The maximum absolute atomic E-state index is 11.9. The molecule has 0 saturated heterocycles. The number of benzene rings is 1. The number of aromatic nitrogens is 1. The van der Waals surface area contributed by atoms with E-state index in [0.29, 0.717) is 11.3 Å². The minimum absolute atomic E-state index is 0.0104. The van der Waals surface area contributed by atoms with Gasteiger partial charge in [-0.15, -0.1) is 0 Å². The van der Waals surface area contributed by atoms with Gasteiger partial charge in [0.15, 0.2) is 17.1 Å². The number of pyridine rings is 1. The molecule has 0 fully saturated rings. The van der Waals surface area contributed by atoms with Gasteiger partial charge in [0.05, 0.1) is 19.9 Å². The van der Waals surface area contributed by atoms with Gasteiger partial charge >= 0.3 is 5.97 Å². The van der Waals surface area contributed by atoms with E-state index in [0.717, 1.165) is 7.11 Å². The summed E-state index contributed by atoms with van der Waals surface area (Å²) < 4.78 is 9.56. The Morgan fingerprint density at radius 2 is 1.85 bits per heavy atom. The Balaban J connectivity index is 2.74. The first-order valence-corrected chi connectivity index (χ1v) is 5.77. The minimum Gasteiger partial charge on any atom is -0.503 e. The highest BCUT2D eigenvalue weighted by atomic mass is 16.5. The number of hydrogen-bond donors (Lipinski definition) is 2. The summed E-state index contributed by atoms with van der Waals surface area (Å²) in [5, 5.41) is 10.1. The van der Waals surface area contributed by atoms with Crippen LogP contribution in [0, 0.1) is 0 Å². The molecule has 0 amide bonds. The molecule has 0 atom stereocenters. The van der Waals surface area contributed by atoms with Crippen LogP contribution in [0.2, 0.25) is 0 Å². The van der Waals surface area contributed by atoms with Crippen molar-refractivity contribution < 1.29 is 19.4 Å². The summed E-state index contributed by atoms with van der Waals surface area (Å²) in [5.41, 5.74) is -0.283. The van der Waals surface area contributed by atoms with Crippen molar-refractivity contribution in [2.45, 2.75) is 0 Å². The number of carbonyl (C=O) groups is 1. The summed E-state index contributed by atoms with van der Waals surface area (Å²) in [7, 11) is 2.46. The number of rotatable bonds is 3. The van der Waals surface area contributed by atoms with E-state index in [2.05, 4.69) is 9.72 Å². The lowest BCUT2D eigenvalue weighted by Gasteiger charge is -2.12. The molecule has 1 aromatic heterocycles. The normalized spacial score (nSPS) is 10.1. The van der Waals surface area contributed by atoms with Crippen LogP contribution in [0.1, 0.15) is 10.4 Å². The lowest BCUT2D eigenvalue weighted by atomic mass is 10.1. The molecule has 2 N–H and O–H groups in total. The van der Waals surface area contributed by atoms with Crippen LogP contribution < -0.4 is 10.3 Å². The van der Waals surface area contributed by atoms with Crippen LogP contribution in [0.5, 0.6) is 11.5 Å². The topological polar surface area (TPSA) is 88.6 Å². The molecule has 1 aromatic carbocycles. The molecule has 0 aliphatic carbocycles. The highest BCUT2D eigenvalue weighted by Crippen LogP contribution is 2.36. The molecule has 6 nitrogen and oxygen atoms in total. The van der Waals surface area contributed by atoms with Crippen molar-refractivity contribution in [1.82, 2.24) is 4.98 Å². The van der Waals surface area contributed by atoms with E-state index in [1.54, 1.807) is 24.3 Å². The number of nitrogens with one attached hydrogen (secondary N) is 1. The molecule has 104 valence electrons. The van der Waals surface area contributed by atoms with Crippen LogP contribution in [-0.4, -0.2) is 30.3 Å². The van der Waals surface area contributed by atoms with E-state index in [1.165, 1.54) is 7.11 Å². The highest BCUT2D eigenvalue weighted by Gasteiger charge is 2.24. The van der Waals surface area contributed by atoms with Gasteiger partial charge in [-0.3, -0.25) is 4.79 Å². The van der Waals surface area contributed by atoms with Gasteiger partial charge in [0.2, 0.25) is 0 Å². The zero-order chi connectivity index (χ0) is 14.7. The van der Waals surface area contributed by atoms with Crippen LogP contribution in [0.25, 0.3) is 11.3 Å². The molecule has 0 saturated carbocycles. The van der Waals surface area contributed by atoms with E-state index in [-0.39, 0.29) is 5.75 Å². The van der Waals surface area contributed by atoms with Crippen molar-refractivity contribution in [1.29, 1.82) is 0 Å². The molecule has 2 aromatic rings. The third-order valence-electron chi connectivity index (χ3n) is 2.80. The number of esters is 1. The molecule has 6 heteroatoms. The van der Waals surface area contributed by atoms with E-state index in [1.807, 2.05) is 6.07 Å². The van der Waals surface area contributed by atoms with E-state index >= 15 is 0 Å². The predicted molar refractivity (Wildman–Crippen MR) is 72.1 cm³/mol. The molecular weight excluding hydrogens is 262 g/mol. The average Bonchev–Trinajstić information content (AvgIpc) is 2.47. The molecule has 0 bridgehead atoms. The molecule has 20 heavy (non-hydrogen) atoms. The fourth-order valence-electron chi connectivity index (χ4n) is 1.87. The van der Waals surface area contributed by atoms with Gasteiger partial charge in [0, 0.05) is 5.56 Å². The number of methoxy groups -OCH3 is 2. The first-order chi connectivity index (χ1) is 9.60. The number of carbonyl (C=O) groups excluding carboxylic acids is 1. The average molecular weight is 275 g/mol. The number of aromatic hydroxyl groups is 1. The van der Waals surface area contributed by atoms with Gasteiger partial charge in [0.25, 0.3) is 5.56 Å². The molecule has 0 aliphatic rings. The van der Waals surface area contributed by atoms with Crippen molar-refractivity contribution in [3.63, 3.8) is 0 Å². The quantitative estimate of drug-likeness (QED) is 0.829. The third-order valence-corrected chi connectivity index (χ3v) is 2.80. The molecule has 0 aliphatic heterocycles. The fourth-order valence-corrected chi connectivity index (χ4v) is 1.87. The van der Waals surface area contributed by atoms with E-state index in [4.69, 9.17) is 4.74 Å².